The molecule has 0 aliphatic heterocycles. The van der Waals surface area contributed by atoms with Gasteiger partial charge in [0.2, 0.25) is 0 Å². The van der Waals surface area contributed by atoms with Crippen molar-refractivity contribution in [2.75, 3.05) is 11.8 Å². The quantitative estimate of drug-likeness (QED) is 0.659. The van der Waals surface area contributed by atoms with Crippen LogP contribution in [-0.4, -0.2) is 11.8 Å². The zero-order chi connectivity index (χ0) is 15.5. The lowest BCUT2D eigenvalue weighted by Crippen LogP contribution is -2.33. The summed E-state index contributed by atoms with van der Waals surface area (Å²) in [5.74, 6) is -0.441. The van der Waals surface area contributed by atoms with Crippen LogP contribution in [0.4, 0.5) is 8.78 Å². The standard InChI is InChI=1S/C17H16Cl2F2/c1-12-3-2-4-14(7-12)17(10-18,11-19)9-13-8-15(20)5-6-16(13)21/h2-8H,9-11H2,1H3. The van der Waals surface area contributed by atoms with E-state index in [1.165, 1.54) is 6.07 Å². The summed E-state index contributed by atoms with van der Waals surface area (Å²) >= 11 is 12.3. The Morgan fingerprint density at radius 2 is 1.71 bits per heavy atom. The molecule has 0 N–H and O–H groups in total. The molecular formula is C17H16Cl2F2. The van der Waals surface area contributed by atoms with Crippen molar-refractivity contribution in [1.82, 2.24) is 0 Å². The van der Waals surface area contributed by atoms with Gasteiger partial charge in [0.15, 0.2) is 0 Å². The van der Waals surface area contributed by atoms with Gasteiger partial charge in [0.05, 0.1) is 0 Å². The van der Waals surface area contributed by atoms with Gasteiger partial charge in [0, 0.05) is 17.2 Å². The Kier molecular flexibility index (Phi) is 5.23. The number of aryl methyl sites for hydroxylation is 1. The molecule has 0 saturated carbocycles. The lowest BCUT2D eigenvalue weighted by molar-refractivity contribution is 0.506. The first-order valence-corrected chi connectivity index (χ1v) is 7.71. The topological polar surface area (TPSA) is 0 Å². The maximum Gasteiger partial charge on any atom is 0.126 e. The lowest BCUT2D eigenvalue weighted by atomic mass is 9.78. The smallest absolute Gasteiger partial charge is 0.126 e. The van der Waals surface area contributed by atoms with Gasteiger partial charge in [-0.05, 0) is 42.7 Å². The van der Waals surface area contributed by atoms with E-state index < -0.39 is 17.0 Å². The summed E-state index contributed by atoms with van der Waals surface area (Å²) in [6, 6.07) is 11.2. The van der Waals surface area contributed by atoms with E-state index in [2.05, 4.69) is 0 Å². The first-order valence-electron chi connectivity index (χ1n) is 6.64. The molecule has 0 saturated heterocycles. The van der Waals surface area contributed by atoms with Gasteiger partial charge in [0.25, 0.3) is 0 Å². The number of alkyl halides is 2. The fourth-order valence-electron chi connectivity index (χ4n) is 2.40. The van der Waals surface area contributed by atoms with E-state index in [1.54, 1.807) is 0 Å². The molecule has 0 atom stereocenters. The van der Waals surface area contributed by atoms with E-state index >= 15 is 0 Å². The van der Waals surface area contributed by atoms with Crippen molar-refractivity contribution < 1.29 is 8.78 Å². The van der Waals surface area contributed by atoms with Crippen molar-refractivity contribution >= 4 is 23.2 Å². The number of hydrogen-bond acceptors (Lipinski definition) is 0. The van der Waals surface area contributed by atoms with Crippen molar-refractivity contribution in [3.63, 3.8) is 0 Å². The minimum absolute atomic E-state index is 0.232. The zero-order valence-electron chi connectivity index (χ0n) is 11.7. The van der Waals surface area contributed by atoms with E-state index in [0.29, 0.717) is 0 Å². The molecule has 0 nitrogen and oxygen atoms in total. The number of halogens is 4. The second kappa shape index (κ2) is 6.76. The third-order valence-electron chi connectivity index (χ3n) is 3.68. The Labute approximate surface area is 133 Å². The lowest BCUT2D eigenvalue weighted by Gasteiger charge is -2.31. The Bertz CT molecular complexity index is 622. The average Bonchev–Trinajstić information content (AvgIpc) is 2.48. The van der Waals surface area contributed by atoms with Crippen LogP contribution < -0.4 is 0 Å². The highest BCUT2D eigenvalue weighted by Crippen LogP contribution is 2.33. The molecular weight excluding hydrogens is 313 g/mol. The summed E-state index contributed by atoms with van der Waals surface area (Å²) in [7, 11) is 0. The van der Waals surface area contributed by atoms with Crippen molar-refractivity contribution in [3.05, 3.63) is 70.8 Å². The minimum atomic E-state index is -0.621. The highest BCUT2D eigenvalue weighted by Gasteiger charge is 2.32. The number of hydrogen-bond donors (Lipinski definition) is 0. The molecule has 2 aromatic carbocycles. The highest BCUT2D eigenvalue weighted by atomic mass is 35.5. The Balaban J connectivity index is 2.45. The first kappa shape index (κ1) is 16.3. The second-order valence-electron chi connectivity index (χ2n) is 5.33. The molecule has 0 aliphatic rings. The van der Waals surface area contributed by atoms with E-state index in [-0.39, 0.29) is 23.7 Å². The van der Waals surface area contributed by atoms with Crippen LogP contribution in [0.25, 0.3) is 0 Å². The Hall–Kier alpha value is -1.12. The van der Waals surface area contributed by atoms with Crippen LogP contribution in [0.1, 0.15) is 16.7 Å². The van der Waals surface area contributed by atoms with Crippen LogP contribution in [0.2, 0.25) is 0 Å². The molecule has 112 valence electrons. The Morgan fingerprint density at radius 1 is 1.00 bits per heavy atom. The van der Waals surface area contributed by atoms with Crippen molar-refractivity contribution in [3.8, 4) is 0 Å². The van der Waals surface area contributed by atoms with Crippen LogP contribution in [0, 0.1) is 18.6 Å². The van der Waals surface area contributed by atoms with Crippen LogP contribution in [0.15, 0.2) is 42.5 Å². The highest BCUT2D eigenvalue weighted by molar-refractivity contribution is 6.22. The number of rotatable bonds is 5. The minimum Gasteiger partial charge on any atom is -0.207 e. The van der Waals surface area contributed by atoms with Crippen molar-refractivity contribution in [2.45, 2.75) is 18.8 Å². The van der Waals surface area contributed by atoms with E-state index in [4.69, 9.17) is 23.2 Å². The van der Waals surface area contributed by atoms with E-state index in [9.17, 15) is 8.78 Å². The monoisotopic (exact) mass is 328 g/mol. The van der Waals surface area contributed by atoms with Gasteiger partial charge in [0.1, 0.15) is 11.6 Å². The summed E-state index contributed by atoms with van der Waals surface area (Å²) in [6.07, 6.45) is 0.257. The molecule has 21 heavy (non-hydrogen) atoms. The fourth-order valence-corrected chi connectivity index (χ4v) is 3.19. The molecule has 0 aliphatic carbocycles. The van der Waals surface area contributed by atoms with E-state index in [0.717, 1.165) is 23.3 Å². The van der Waals surface area contributed by atoms with Crippen molar-refractivity contribution in [1.29, 1.82) is 0 Å². The molecule has 0 unspecified atom stereocenters. The SMILES string of the molecule is Cc1cccc(C(CCl)(CCl)Cc2cc(F)ccc2F)c1. The maximum atomic E-state index is 13.9. The first-order chi connectivity index (χ1) is 10.0. The molecule has 0 spiro atoms. The van der Waals surface area contributed by atoms with Gasteiger partial charge >= 0.3 is 0 Å². The molecule has 2 rings (SSSR count). The second-order valence-corrected chi connectivity index (χ2v) is 5.86. The third kappa shape index (κ3) is 3.56. The maximum absolute atomic E-state index is 13.9. The summed E-state index contributed by atoms with van der Waals surface area (Å²) in [4.78, 5) is 0. The van der Waals surface area contributed by atoms with Gasteiger partial charge < -0.3 is 0 Å². The summed E-state index contributed by atoms with van der Waals surface area (Å²) in [5, 5.41) is 0. The third-order valence-corrected chi connectivity index (χ3v) is 4.70. The molecule has 0 amide bonds. The molecule has 2 aromatic rings. The van der Waals surface area contributed by atoms with Gasteiger partial charge in [-0.2, -0.15) is 0 Å². The molecule has 0 fully saturated rings. The van der Waals surface area contributed by atoms with Crippen LogP contribution in [-0.2, 0) is 11.8 Å². The van der Waals surface area contributed by atoms with Gasteiger partial charge in [-0.3, -0.25) is 0 Å². The molecule has 0 radical (unpaired) electrons. The number of benzene rings is 2. The molecule has 0 bridgehead atoms. The summed E-state index contributed by atoms with van der Waals surface area (Å²) in [5.41, 5.74) is 1.69. The predicted octanol–water partition coefficient (Wildman–Crippen LogP) is 5.23. The predicted molar refractivity (Wildman–Crippen MR) is 84.4 cm³/mol. The average molecular weight is 329 g/mol. The molecule has 0 heterocycles. The van der Waals surface area contributed by atoms with Crippen LogP contribution >= 0.6 is 23.2 Å². The van der Waals surface area contributed by atoms with Crippen LogP contribution in [0.3, 0.4) is 0 Å². The van der Waals surface area contributed by atoms with Crippen molar-refractivity contribution in [2.24, 2.45) is 0 Å². The van der Waals surface area contributed by atoms with Gasteiger partial charge in [-0.15, -0.1) is 23.2 Å². The fraction of sp³-hybridized carbons (Fsp3) is 0.294. The van der Waals surface area contributed by atoms with E-state index in [1.807, 2.05) is 31.2 Å². The Morgan fingerprint density at radius 3 is 2.33 bits per heavy atom. The van der Waals surface area contributed by atoms with Crippen LogP contribution in [0.5, 0.6) is 0 Å². The normalized spacial score (nSPS) is 11.7. The largest absolute Gasteiger partial charge is 0.207 e. The van der Waals surface area contributed by atoms with Gasteiger partial charge in [-0.1, -0.05) is 29.8 Å². The summed E-state index contributed by atoms with van der Waals surface area (Å²) in [6.45, 7) is 1.97. The molecule has 0 aromatic heterocycles. The summed E-state index contributed by atoms with van der Waals surface area (Å²) < 4.78 is 27.3. The zero-order valence-corrected chi connectivity index (χ0v) is 13.2. The molecule has 4 heteroatoms. The van der Waals surface area contributed by atoms with Gasteiger partial charge in [-0.25, -0.2) is 8.78 Å².